The summed E-state index contributed by atoms with van der Waals surface area (Å²) in [6.45, 7) is 16.8. The number of Topliss-reactive ketones (excluding diaryl/α,β-unsaturated/α-hetero) is 1. The number of pyridine rings is 1. The Balaban J connectivity index is 1.70. The maximum Gasteiger partial charge on any atom is 0.226 e. The van der Waals surface area contributed by atoms with Gasteiger partial charge in [0.25, 0.3) is 0 Å². The summed E-state index contributed by atoms with van der Waals surface area (Å²) in [5, 5.41) is 0. The van der Waals surface area contributed by atoms with E-state index < -0.39 is 5.41 Å². The van der Waals surface area contributed by atoms with Crippen molar-refractivity contribution < 1.29 is 4.79 Å². The van der Waals surface area contributed by atoms with Crippen LogP contribution >= 0.6 is 0 Å². The van der Waals surface area contributed by atoms with Crippen LogP contribution in [0.2, 0.25) is 0 Å². The Bertz CT molecular complexity index is 1310. The molecule has 0 spiro atoms. The van der Waals surface area contributed by atoms with Gasteiger partial charge in [0.05, 0.1) is 12.3 Å². The zero-order valence-electron chi connectivity index (χ0n) is 20.2. The van der Waals surface area contributed by atoms with Gasteiger partial charge in [0, 0.05) is 41.5 Å². The Labute approximate surface area is 201 Å². The van der Waals surface area contributed by atoms with E-state index in [9.17, 15) is 4.79 Å². The summed E-state index contributed by atoms with van der Waals surface area (Å²) in [4.78, 5) is 25.8. The van der Waals surface area contributed by atoms with Gasteiger partial charge < -0.3 is 9.36 Å². The van der Waals surface area contributed by atoms with Gasteiger partial charge in [0.1, 0.15) is 5.82 Å². The minimum atomic E-state index is -0.434. The molecule has 172 valence electrons. The summed E-state index contributed by atoms with van der Waals surface area (Å²) in [6, 6.07) is 12.8. The summed E-state index contributed by atoms with van der Waals surface area (Å²) >= 11 is 0. The van der Waals surface area contributed by atoms with Crippen molar-refractivity contribution in [3.63, 3.8) is 0 Å². The lowest BCUT2D eigenvalue weighted by molar-refractivity contribution is -0.121. The van der Waals surface area contributed by atoms with Crippen LogP contribution in [-0.4, -0.2) is 20.3 Å². The Morgan fingerprint density at radius 2 is 1.88 bits per heavy atom. The summed E-state index contributed by atoms with van der Waals surface area (Å²) in [5.41, 5.74) is 5.61. The van der Waals surface area contributed by atoms with Crippen LogP contribution in [0.25, 0.3) is 16.2 Å². The molecule has 0 unspecified atom stereocenters. The van der Waals surface area contributed by atoms with E-state index in [1.807, 2.05) is 37.5 Å². The molecule has 3 atom stereocenters. The fraction of sp³-hybridized carbons (Fsp3) is 0.379. The van der Waals surface area contributed by atoms with Gasteiger partial charge in [0.2, 0.25) is 5.70 Å². The maximum absolute atomic E-state index is 12.8. The van der Waals surface area contributed by atoms with Crippen LogP contribution in [-0.2, 0) is 23.2 Å². The molecule has 5 heteroatoms. The van der Waals surface area contributed by atoms with E-state index in [1.165, 1.54) is 16.8 Å². The third-order valence-corrected chi connectivity index (χ3v) is 7.80. The first-order valence-electron chi connectivity index (χ1n) is 12.1. The molecular weight excluding hydrogens is 420 g/mol. The standard InChI is InChI=1S/C29H30N4O/c1-18(2)21-6-8-22(9-7-21)28-32-27-25(33(28)17-20-12-14-31-15-13-20)11-10-23-19(3)26(34)24(30-5)16-29(23,27)4/h6-9,12-16,18-19,23H,10-11,17H2,1-4H3/t19-,23-,29-/m1/s1. The molecule has 0 radical (unpaired) electrons. The minimum absolute atomic E-state index is 0.0263. The van der Waals surface area contributed by atoms with Gasteiger partial charge in [0.15, 0.2) is 5.78 Å². The van der Waals surface area contributed by atoms with Crippen LogP contribution in [0.3, 0.4) is 0 Å². The van der Waals surface area contributed by atoms with Crippen LogP contribution in [0.1, 0.15) is 62.5 Å². The predicted molar refractivity (Wildman–Crippen MR) is 133 cm³/mol. The van der Waals surface area contributed by atoms with Crippen molar-refractivity contribution in [2.75, 3.05) is 0 Å². The molecule has 2 heterocycles. The topological polar surface area (TPSA) is 52.1 Å². The Morgan fingerprint density at radius 1 is 1.18 bits per heavy atom. The number of hydrogen-bond acceptors (Lipinski definition) is 3. The number of carbonyl (C=O) groups excluding carboxylic acids is 1. The quantitative estimate of drug-likeness (QED) is 0.461. The lowest BCUT2D eigenvalue weighted by Gasteiger charge is -2.44. The Kier molecular flexibility index (Phi) is 5.48. The lowest BCUT2D eigenvalue weighted by Crippen LogP contribution is -2.45. The smallest absolute Gasteiger partial charge is 0.226 e. The van der Waals surface area contributed by atoms with E-state index in [4.69, 9.17) is 11.6 Å². The number of fused-ring (bicyclic) bond motifs is 3. The number of allylic oxidation sites excluding steroid dienone is 2. The summed E-state index contributed by atoms with van der Waals surface area (Å²) in [5.74, 6) is 1.37. The molecule has 0 bridgehead atoms. The number of ketones is 1. The molecule has 5 nitrogen and oxygen atoms in total. The van der Waals surface area contributed by atoms with E-state index in [0.29, 0.717) is 12.5 Å². The van der Waals surface area contributed by atoms with Crippen LogP contribution in [0.5, 0.6) is 0 Å². The average molecular weight is 451 g/mol. The number of benzene rings is 1. The van der Waals surface area contributed by atoms with E-state index >= 15 is 0 Å². The molecule has 0 aliphatic heterocycles. The van der Waals surface area contributed by atoms with Gasteiger partial charge in [-0.2, -0.15) is 0 Å². The first-order valence-corrected chi connectivity index (χ1v) is 12.1. The Hall–Kier alpha value is -3.52. The molecule has 0 fully saturated rings. The van der Waals surface area contributed by atoms with Gasteiger partial charge in [-0.05, 0) is 47.9 Å². The van der Waals surface area contributed by atoms with E-state index in [-0.39, 0.29) is 23.3 Å². The Morgan fingerprint density at radius 3 is 2.53 bits per heavy atom. The SMILES string of the molecule is [C-]#[N+]C1=C[C@@]2(C)c3nc(-c4ccc(C(C)C)cc4)n(Cc4ccncc4)c3CC[C@@H]2[C@@H](C)C1=O. The zero-order valence-corrected chi connectivity index (χ0v) is 20.2. The number of carbonyl (C=O) groups is 1. The summed E-state index contributed by atoms with van der Waals surface area (Å²) < 4.78 is 2.34. The largest absolute Gasteiger partial charge is 0.323 e. The third kappa shape index (κ3) is 3.49. The first kappa shape index (κ1) is 22.3. The van der Waals surface area contributed by atoms with E-state index in [2.05, 4.69) is 59.4 Å². The van der Waals surface area contributed by atoms with Crippen molar-refractivity contribution in [3.8, 4) is 11.4 Å². The fourth-order valence-corrected chi connectivity index (χ4v) is 5.82. The second-order valence-corrected chi connectivity index (χ2v) is 10.2. The zero-order chi connectivity index (χ0) is 24.0. The average Bonchev–Trinajstić information content (AvgIpc) is 3.21. The molecule has 5 rings (SSSR count). The number of imidazole rings is 1. The molecule has 0 N–H and O–H groups in total. The van der Waals surface area contributed by atoms with E-state index in [1.54, 1.807) is 0 Å². The summed E-state index contributed by atoms with van der Waals surface area (Å²) in [6.07, 6.45) is 7.33. The van der Waals surface area contributed by atoms with Crippen molar-refractivity contribution in [1.82, 2.24) is 14.5 Å². The number of rotatable bonds is 4. The van der Waals surface area contributed by atoms with Crippen LogP contribution in [0, 0.1) is 18.4 Å². The molecule has 34 heavy (non-hydrogen) atoms. The minimum Gasteiger partial charge on any atom is -0.323 e. The highest BCUT2D eigenvalue weighted by molar-refractivity contribution is 6.00. The number of hydrogen-bond donors (Lipinski definition) is 0. The molecule has 3 aromatic rings. The van der Waals surface area contributed by atoms with Crippen molar-refractivity contribution in [1.29, 1.82) is 0 Å². The van der Waals surface area contributed by atoms with Crippen molar-refractivity contribution in [3.05, 3.63) is 94.5 Å². The molecule has 0 amide bonds. The van der Waals surface area contributed by atoms with Crippen LogP contribution in [0.4, 0.5) is 0 Å². The molecule has 1 aromatic carbocycles. The molecular formula is C29H30N4O. The van der Waals surface area contributed by atoms with Crippen molar-refractivity contribution in [2.24, 2.45) is 11.8 Å². The van der Waals surface area contributed by atoms with Gasteiger partial charge in [-0.25, -0.2) is 9.83 Å². The second-order valence-electron chi connectivity index (χ2n) is 10.2. The lowest BCUT2D eigenvalue weighted by atomic mass is 9.59. The van der Waals surface area contributed by atoms with Gasteiger partial charge >= 0.3 is 0 Å². The number of nitrogens with zero attached hydrogens (tertiary/aromatic N) is 4. The highest BCUT2D eigenvalue weighted by atomic mass is 16.1. The van der Waals surface area contributed by atoms with Gasteiger partial charge in [-0.1, -0.05) is 58.0 Å². The first-order chi connectivity index (χ1) is 16.3. The van der Waals surface area contributed by atoms with Crippen LogP contribution in [0.15, 0.2) is 60.6 Å². The predicted octanol–water partition coefficient (Wildman–Crippen LogP) is 5.96. The van der Waals surface area contributed by atoms with E-state index in [0.717, 1.165) is 29.9 Å². The number of aromatic nitrogens is 3. The highest BCUT2D eigenvalue weighted by Crippen LogP contribution is 2.50. The highest BCUT2D eigenvalue weighted by Gasteiger charge is 2.50. The monoisotopic (exact) mass is 450 g/mol. The van der Waals surface area contributed by atoms with Crippen LogP contribution < -0.4 is 0 Å². The van der Waals surface area contributed by atoms with Gasteiger partial charge in [-0.3, -0.25) is 4.98 Å². The third-order valence-electron chi connectivity index (χ3n) is 7.80. The second kappa shape index (κ2) is 8.36. The molecule has 0 saturated carbocycles. The molecule has 0 saturated heterocycles. The summed E-state index contributed by atoms with van der Waals surface area (Å²) in [7, 11) is 0. The normalized spacial score (nSPS) is 23.8. The fourth-order valence-electron chi connectivity index (χ4n) is 5.82. The maximum atomic E-state index is 12.8. The van der Waals surface area contributed by atoms with Crippen molar-refractivity contribution in [2.45, 2.75) is 58.4 Å². The van der Waals surface area contributed by atoms with Crippen molar-refractivity contribution >= 4 is 5.78 Å². The van der Waals surface area contributed by atoms with Gasteiger partial charge in [-0.15, -0.1) is 0 Å². The molecule has 2 aromatic heterocycles. The molecule has 2 aliphatic carbocycles. The molecule has 2 aliphatic rings.